The standard InChI is InChI=1S/C27H33N5O2/c1-26(2,3)18-12-17(13-19(24(18)34)27(4,5)6)22(33)15-32-14-16-8-9-20(30-23(16)25(32)28)21-10-11-29-31(21)7/h8-13,28,34H,14-15H2,1-7H3. The lowest BCUT2D eigenvalue weighted by Gasteiger charge is -2.28. The van der Waals surface area contributed by atoms with E-state index in [2.05, 4.69) is 5.10 Å². The molecule has 0 fully saturated rings. The number of phenolic OH excluding ortho intramolecular Hbond substituents is 1. The molecule has 7 nitrogen and oxygen atoms in total. The van der Waals surface area contributed by atoms with E-state index in [-0.39, 0.29) is 34.7 Å². The maximum atomic E-state index is 13.4. The largest absolute Gasteiger partial charge is 0.507 e. The van der Waals surface area contributed by atoms with Gasteiger partial charge in [-0.15, -0.1) is 0 Å². The van der Waals surface area contributed by atoms with Crippen LogP contribution < -0.4 is 0 Å². The lowest BCUT2D eigenvalue weighted by atomic mass is 9.78. The number of hydrogen-bond acceptors (Lipinski definition) is 5. The molecule has 3 heterocycles. The van der Waals surface area contributed by atoms with E-state index < -0.39 is 0 Å². The fraction of sp³-hybridized carbons (Fsp3) is 0.407. The zero-order chi connectivity index (χ0) is 25.0. The van der Waals surface area contributed by atoms with Gasteiger partial charge in [0.05, 0.1) is 17.9 Å². The van der Waals surface area contributed by atoms with Crippen molar-refractivity contribution in [2.24, 2.45) is 7.05 Å². The molecule has 2 aromatic heterocycles. The third-order valence-electron chi connectivity index (χ3n) is 6.35. The van der Waals surface area contributed by atoms with Crippen LogP contribution in [0.5, 0.6) is 5.75 Å². The molecule has 0 bridgehead atoms. The number of nitrogens with one attached hydrogen (secondary N) is 1. The molecule has 0 spiro atoms. The minimum Gasteiger partial charge on any atom is -0.507 e. The molecular weight excluding hydrogens is 426 g/mol. The van der Waals surface area contributed by atoms with E-state index in [0.29, 0.717) is 17.8 Å². The number of aryl methyl sites for hydroxylation is 1. The summed E-state index contributed by atoms with van der Waals surface area (Å²) in [7, 11) is 1.86. The molecule has 1 aliphatic heterocycles. The van der Waals surface area contributed by atoms with Crippen LogP contribution in [-0.4, -0.2) is 42.9 Å². The van der Waals surface area contributed by atoms with Crippen LogP contribution in [0.3, 0.4) is 0 Å². The highest BCUT2D eigenvalue weighted by molar-refractivity contribution is 6.04. The van der Waals surface area contributed by atoms with Crippen LogP contribution in [0.2, 0.25) is 0 Å². The van der Waals surface area contributed by atoms with Crippen molar-refractivity contribution in [3.05, 3.63) is 64.5 Å². The first-order valence-corrected chi connectivity index (χ1v) is 11.5. The molecule has 178 valence electrons. The van der Waals surface area contributed by atoms with Gasteiger partial charge in [-0.25, -0.2) is 4.98 Å². The number of hydrogen-bond donors (Lipinski definition) is 2. The number of fused-ring (bicyclic) bond motifs is 1. The highest BCUT2D eigenvalue weighted by Crippen LogP contribution is 2.40. The number of amidine groups is 1. The Balaban J connectivity index is 1.63. The predicted molar refractivity (Wildman–Crippen MR) is 134 cm³/mol. The Kier molecular flexibility index (Phi) is 5.62. The SMILES string of the molecule is Cn1nccc1-c1ccc2c(n1)C(=N)N(CC(=O)c1cc(C(C)(C)C)c(O)c(C(C)(C)C)c1)C2. The average molecular weight is 460 g/mol. The summed E-state index contributed by atoms with van der Waals surface area (Å²) in [6, 6.07) is 9.40. The Hall–Kier alpha value is -3.48. The summed E-state index contributed by atoms with van der Waals surface area (Å²) in [5.74, 6) is 0.420. The molecule has 7 heteroatoms. The van der Waals surface area contributed by atoms with Gasteiger partial charge in [-0.3, -0.25) is 14.9 Å². The fourth-order valence-electron chi connectivity index (χ4n) is 4.36. The van der Waals surface area contributed by atoms with Gasteiger partial charge < -0.3 is 10.0 Å². The Bertz CT molecular complexity index is 1260. The van der Waals surface area contributed by atoms with Crippen LogP contribution in [-0.2, 0) is 24.4 Å². The third-order valence-corrected chi connectivity index (χ3v) is 6.35. The van der Waals surface area contributed by atoms with Gasteiger partial charge in [-0.05, 0) is 35.1 Å². The zero-order valence-electron chi connectivity index (χ0n) is 21.0. The van der Waals surface area contributed by atoms with E-state index >= 15 is 0 Å². The zero-order valence-corrected chi connectivity index (χ0v) is 21.0. The third kappa shape index (κ3) is 4.22. The van der Waals surface area contributed by atoms with E-state index in [1.807, 2.05) is 66.8 Å². The number of pyridine rings is 1. The van der Waals surface area contributed by atoms with Crippen LogP contribution in [0.4, 0.5) is 0 Å². The molecule has 0 aliphatic carbocycles. The summed E-state index contributed by atoms with van der Waals surface area (Å²) in [6.07, 6.45) is 1.72. The normalized spacial score (nSPS) is 14.0. The Morgan fingerprint density at radius 1 is 1.06 bits per heavy atom. The van der Waals surface area contributed by atoms with Gasteiger partial charge >= 0.3 is 0 Å². The predicted octanol–water partition coefficient (Wildman–Crippen LogP) is 4.81. The summed E-state index contributed by atoms with van der Waals surface area (Å²) >= 11 is 0. The molecule has 0 saturated heterocycles. The van der Waals surface area contributed by atoms with Crippen molar-refractivity contribution in [2.75, 3.05) is 6.54 Å². The fourth-order valence-corrected chi connectivity index (χ4v) is 4.36. The Morgan fingerprint density at radius 2 is 1.68 bits per heavy atom. The summed E-state index contributed by atoms with van der Waals surface area (Å²) < 4.78 is 1.75. The van der Waals surface area contributed by atoms with E-state index in [9.17, 15) is 9.90 Å². The second kappa shape index (κ2) is 8.08. The number of ketones is 1. The smallest absolute Gasteiger partial charge is 0.182 e. The number of benzene rings is 1. The number of phenols is 1. The minimum absolute atomic E-state index is 0.0776. The molecule has 1 aromatic carbocycles. The molecule has 0 unspecified atom stereocenters. The Morgan fingerprint density at radius 3 is 2.21 bits per heavy atom. The minimum atomic E-state index is -0.316. The van der Waals surface area contributed by atoms with Gasteiger partial charge in [0.25, 0.3) is 0 Å². The van der Waals surface area contributed by atoms with Crippen LogP contribution in [0.15, 0.2) is 36.5 Å². The monoisotopic (exact) mass is 459 g/mol. The van der Waals surface area contributed by atoms with Gasteiger partial charge in [0.1, 0.15) is 17.3 Å². The van der Waals surface area contributed by atoms with Crippen molar-refractivity contribution >= 4 is 11.6 Å². The number of rotatable bonds is 4. The summed E-state index contributed by atoms with van der Waals surface area (Å²) in [6.45, 7) is 12.7. The molecule has 3 aromatic rings. The lowest BCUT2D eigenvalue weighted by Crippen LogP contribution is -2.31. The first-order chi connectivity index (χ1) is 15.8. The van der Waals surface area contributed by atoms with Gasteiger partial charge in [0.15, 0.2) is 5.78 Å². The summed E-state index contributed by atoms with van der Waals surface area (Å²) in [5.41, 5.74) is 4.59. The van der Waals surface area contributed by atoms with Crippen molar-refractivity contribution in [3.63, 3.8) is 0 Å². The molecule has 34 heavy (non-hydrogen) atoms. The highest BCUT2D eigenvalue weighted by atomic mass is 16.3. The number of Topliss-reactive ketones (excluding diaryl/α,β-unsaturated/α-hetero) is 1. The summed E-state index contributed by atoms with van der Waals surface area (Å²) in [4.78, 5) is 19.9. The first kappa shape index (κ1) is 23.7. The van der Waals surface area contributed by atoms with Crippen molar-refractivity contribution < 1.29 is 9.90 Å². The lowest BCUT2D eigenvalue weighted by molar-refractivity contribution is 0.0962. The topological polar surface area (TPSA) is 95.1 Å². The van der Waals surface area contributed by atoms with E-state index in [0.717, 1.165) is 28.1 Å². The molecule has 0 amide bonds. The number of nitrogens with zero attached hydrogens (tertiary/aromatic N) is 4. The van der Waals surface area contributed by atoms with Crippen molar-refractivity contribution in [1.82, 2.24) is 19.7 Å². The second-order valence-electron chi connectivity index (χ2n) is 11.1. The maximum Gasteiger partial charge on any atom is 0.182 e. The van der Waals surface area contributed by atoms with Crippen molar-refractivity contribution in [1.29, 1.82) is 5.41 Å². The average Bonchev–Trinajstić information content (AvgIpc) is 3.29. The maximum absolute atomic E-state index is 13.4. The first-order valence-electron chi connectivity index (χ1n) is 11.5. The molecule has 4 rings (SSSR count). The number of carbonyl (C=O) groups is 1. The number of carbonyl (C=O) groups excluding carboxylic acids is 1. The molecule has 0 radical (unpaired) electrons. The van der Waals surface area contributed by atoms with Crippen molar-refractivity contribution in [2.45, 2.75) is 58.9 Å². The molecule has 1 aliphatic rings. The quantitative estimate of drug-likeness (QED) is 0.546. The van der Waals surface area contributed by atoms with Crippen LogP contribution in [0, 0.1) is 5.41 Å². The molecular formula is C27H33N5O2. The van der Waals surface area contributed by atoms with E-state index in [1.54, 1.807) is 27.9 Å². The van der Waals surface area contributed by atoms with E-state index in [4.69, 9.17) is 10.4 Å². The Labute approximate surface area is 201 Å². The van der Waals surface area contributed by atoms with E-state index in [1.165, 1.54) is 0 Å². The molecule has 0 atom stereocenters. The van der Waals surface area contributed by atoms with Gasteiger partial charge in [-0.1, -0.05) is 47.6 Å². The van der Waals surface area contributed by atoms with Crippen LogP contribution in [0.25, 0.3) is 11.4 Å². The van der Waals surface area contributed by atoms with Crippen LogP contribution in [0.1, 0.15) is 74.3 Å². The summed E-state index contributed by atoms with van der Waals surface area (Å²) in [5, 5.41) is 23.8. The number of aromatic hydroxyl groups is 1. The molecule has 0 saturated carbocycles. The van der Waals surface area contributed by atoms with Gasteiger partial charge in [-0.2, -0.15) is 5.10 Å². The van der Waals surface area contributed by atoms with Crippen LogP contribution >= 0.6 is 0 Å². The van der Waals surface area contributed by atoms with Crippen molar-refractivity contribution in [3.8, 4) is 17.1 Å². The van der Waals surface area contributed by atoms with Gasteiger partial charge in [0.2, 0.25) is 0 Å². The highest BCUT2D eigenvalue weighted by Gasteiger charge is 2.31. The number of aromatic nitrogens is 3. The molecule has 2 N–H and O–H groups in total. The van der Waals surface area contributed by atoms with Gasteiger partial charge in [0, 0.05) is 42.0 Å². The second-order valence-corrected chi connectivity index (χ2v) is 11.1.